The molecule has 0 saturated heterocycles. The predicted octanol–water partition coefficient (Wildman–Crippen LogP) is -5.36. The molecule has 0 saturated carbocycles. The average molecular weight is 560 g/mol. The fourth-order valence-corrected chi connectivity index (χ4v) is 0. The Morgan fingerprint density at radius 3 is 0.600 bits per heavy atom. The van der Waals surface area contributed by atoms with Gasteiger partial charge < -0.3 is 58.0 Å². The van der Waals surface area contributed by atoms with Crippen molar-refractivity contribution in [3.05, 3.63) is 30.6 Å². The van der Waals surface area contributed by atoms with Gasteiger partial charge in [-0.05, 0) is 0 Å². The molecule has 15 heteroatoms. The summed E-state index contributed by atoms with van der Waals surface area (Å²) in [5, 5.41) is 29.5. The normalized spacial score (nSPS) is 3.20. The summed E-state index contributed by atoms with van der Waals surface area (Å²) in [7, 11) is 0. The monoisotopic (exact) mass is 561 g/mol. The molecule has 0 amide bonds. The van der Waals surface area contributed by atoms with Gasteiger partial charge in [0.15, 0.2) is 0 Å². The number of nitrogens with zero attached hydrogens (tertiary/aromatic N) is 2. The van der Waals surface area contributed by atoms with Crippen molar-refractivity contribution in [3.8, 4) is 0 Å². The molecule has 2 radical (unpaired) electrons. The van der Waals surface area contributed by atoms with E-state index in [1.54, 1.807) is 0 Å². The Morgan fingerprint density at radius 1 is 0.600 bits per heavy atom. The van der Waals surface area contributed by atoms with E-state index in [0.29, 0.717) is 0 Å². The summed E-state index contributed by atoms with van der Waals surface area (Å²) in [5.74, 6) is 0. The Bertz CT molecular complexity index is 76.6. The predicted molar refractivity (Wildman–Crippen MR) is 50.3 cm³/mol. The smallest absolute Gasteiger partial charge is 0.412 e. The van der Waals surface area contributed by atoms with Crippen molar-refractivity contribution in [2.45, 2.75) is 0 Å². The largest absolute Gasteiger partial charge is 3.00 e. The molecule has 90 valence electrons. The first-order valence-electron chi connectivity index (χ1n) is 1.10. The quantitative estimate of drug-likeness (QED) is 0.158. The van der Waals surface area contributed by atoms with Gasteiger partial charge in [0, 0.05) is 0 Å². The van der Waals surface area contributed by atoms with E-state index in [0.717, 1.165) is 0 Å². The van der Waals surface area contributed by atoms with Gasteiger partial charge in [0.1, 0.15) is 0 Å². The van der Waals surface area contributed by atoms with Crippen LogP contribution in [0.5, 0.6) is 0 Å². The number of hydrogen-bond acceptors (Lipinski definition) is 6. The van der Waals surface area contributed by atoms with Crippen molar-refractivity contribution >= 4 is 75.1 Å². The fraction of sp³-hybridized carbons (Fsp3) is 0. The molecule has 13 nitrogen and oxygen atoms in total. The Hall–Kier alpha value is 0.655. The van der Waals surface area contributed by atoms with Crippen LogP contribution in [0.4, 0.5) is 0 Å². The summed E-state index contributed by atoms with van der Waals surface area (Å²) in [6, 6.07) is 0. The molecule has 0 aromatic carbocycles. The second-order valence-electron chi connectivity index (χ2n) is 0.447. The first-order valence-corrected chi connectivity index (χ1v) is 1.10. The molecule has 15 heavy (non-hydrogen) atoms. The van der Waals surface area contributed by atoms with Crippen LogP contribution in [0.25, 0.3) is 0 Å². The first-order chi connectivity index (χ1) is 3.46. The minimum Gasteiger partial charge on any atom is -0.412 e. The van der Waals surface area contributed by atoms with Gasteiger partial charge in [0.2, 0.25) is 0 Å². The Morgan fingerprint density at radius 2 is 0.600 bits per heavy atom. The number of rotatable bonds is 0. The van der Waals surface area contributed by atoms with Gasteiger partial charge in [0.05, 0.1) is 10.2 Å². The van der Waals surface area contributed by atoms with Crippen LogP contribution < -0.4 is 0 Å². The maximum absolute atomic E-state index is 8.25. The van der Waals surface area contributed by atoms with E-state index in [-0.39, 0.29) is 102 Å². The number of hydrogen-bond donors (Lipinski definition) is 0. The zero-order valence-electron chi connectivity index (χ0n) is 7.00. The molecular weight excluding hydrogens is 550 g/mol. The van der Waals surface area contributed by atoms with Crippen molar-refractivity contribution in [2.75, 3.05) is 0 Å². The molecular formula is H10BaBiN2O11+3. The van der Waals surface area contributed by atoms with Crippen LogP contribution in [0.1, 0.15) is 0 Å². The summed E-state index contributed by atoms with van der Waals surface area (Å²) in [6.45, 7) is 0. The zero-order valence-corrected chi connectivity index (χ0v) is 14.9. The van der Waals surface area contributed by atoms with Crippen LogP contribution in [-0.2, 0) is 0 Å². The summed E-state index contributed by atoms with van der Waals surface area (Å²) >= 11 is 0. The van der Waals surface area contributed by atoms with E-state index in [4.69, 9.17) is 30.6 Å². The molecule has 0 rings (SSSR count). The Kier molecular flexibility index (Phi) is 312. The van der Waals surface area contributed by atoms with Gasteiger partial charge >= 0.3 is 75.1 Å². The minimum atomic E-state index is -1.75. The van der Waals surface area contributed by atoms with Gasteiger partial charge in [-0.2, -0.15) is 0 Å². The molecule has 0 bridgehead atoms. The van der Waals surface area contributed by atoms with Crippen molar-refractivity contribution in [2.24, 2.45) is 0 Å². The van der Waals surface area contributed by atoms with Gasteiger partial charge in [-0.3, -0.25) is 0 Å². The maximum Gasteiger partial charge on any atom is 3.00 e. The molecule has 0 fully saturated rings. The molecule has 0 aromatic heterocycles. The van der Waals surface area contributed by atoms with E-state index in [1.165, 1.54) is 0 Å². The van der Waals surface area contributed by atoms with E-state index >= 15 is 0 Å². The van der Waals surface area contributed by atoms with Crippen LogP contribution in [0.3, 0.4) is 0 Å². The van der Waals surface area contributed by atoms with Crippen molar-refractivity contribution < 1.29 is 37.6 Å². The van der Waals surface area contributed by atoms with Crippen molar-refractivity contribution in [1.29, 1.82) is 0 Å². The summed E-state index contributed by atoms with van der Waals surface area (Å²) < 4.78 is 0. The molecule has 0 spiro atoms. The Balaban J connectivity index is -0.00000000468. The van der Waals surface area contributed by atoms with Crippen LogP contribution in [0.2, 0.25) is 0 Å². The molecule has 0 unspecified atom stereocenters. The molecule has 0 aliphatic carbocycles. The molecule has 0 heterocycles. The molecule has 10 N–H and O–H groups in total. The fourth-order valence-electron chi connectivity index (χ4n) is 0. The summed E-state index contributed by atoms with van der Waals surface area (Å²) in [6.07, 6.45) is 0. The molecule has 0 aliphatic heterocycles. The Labute approximate surface area is 141 Å². The van der Waals surface area contributed by atoms with E-state index in [2.05, 4.69) is 0 Å². The van der Waals surface area contributed by atoms with E-state index < -0.39 is 10.2 Å². The third-order valence-electron chi connectivity index (χ3n) is 0. The average Bonchev–Trinajstić information content (AvgIpc) is 1.25. The van der Waals surface area contributed by atoms with Crippen LogP contribution in [0, 0.1) is 30.6 Å². The zero-order chi connectivity index (χ0) is 7.15. The molecule has 0 aliphatic rings. The standard InChI is InChI=1S/Ba.Bi.2NO3.5H2O/c;;2*2-1(3)4;;;;;/h;;;;5*1H2/q+2;+3;2*-1;;;;;. The van der Waals surface area contributed by atoms with Crippen LogP contribution >= 0.6 is 0 Å². The van der Waals surface area contributed by atoms with Crippen LogP contribution in [0.15, 0.2) is 0 Å². The van der Waals surface area contributed by atoms with E-state index in [9.17, 15) is 0 Å². The van der Waals surface area contributed by atoms with Gasteiger partial charge in [-0.25, -0.2) is 0 Å². The summed E-state index contributed by atoms with van der Waals surface area (Å²) in [4.78, 5) is 16.5. The SMILES string of the molecule is O.O.O.O.O.O=[N+]([O-])[O-].O=[N+]([O-])[O-].[Ba+2].[Bi+3]. The first kappa shape index (κ1) is 75.9. The van der Waals surface area contributed by atoms with Gasteiger partial charge in [-0.1, -0.05) is 0 Å². The maximum atomic E-state index is 8.25. The van der Waals surface area contributed by atoms with E-state index in [1.807, 2.05) is 0 Å². The van der Waals surface area contributed by atoms with Gasteiger partial charge in [0.25, 0.3) is 0 Å². The topological polar surface area (TPSA) is 290 Å². The second kappa shape index (κ2) is 61.7. The third-order valence-corrected chi connectivity index (χ3v) is 0. The van der Waals surface area contributed by atoms with Crippen molar-refractivity contribution in [1.82, 2.24) is 0 Å². The summed E-state index contributed by atoms with van der Waals surface area (Å²) in [5.41, 5.74) is 0. The van der Waals surface area contributed by atoms with Crippen molar-refractivity contribution in [3.63, 3.8) is 0 Å². The third kappa shape index (κ3) is 5480. The second-order valence-corrected chi connectivity index (χ2v) is 0.447. The molecule has 0 atom stereocenters. The van der Waals surface area contributed by atoms with Gasteiger partial charge in [-0.15, -0.1) is 0 Å². The van der Waals surface area contributed by atoms with Crippen LogP contribution in [-0.4, -0.2) is 113 Å². The minimum absolute atomic E-state index is 0. The molecule has 0 aromatic rings.